The van der Waals surface area contributed by atoms with E-state index in [0.29, 0.717) is 12.5 Å². The van der Waals surface area contributed by atoms with Gasteiger partial charge in [-0.25, -0.2) is 0 Å². The van der Waals surface area contributed by atoms with Crippen LogP contribution < -0.4 is 0 Å². The lowest BCUT2D eigenvalue weighted by molar-refractivity contribution is 0.461. The molecule has 0 aliphatic carbocycles. The molecule has 0 saturated carbocycles. The molecule has 3 heteroatoms. The van der Waals surface area contributed by atoms with E-state index in [1.807, 2.05) is 0 Å². The maximum atomic E-state index is 8.09. The predicted octanol–water partition coefficient (Wildman–Crippen LogP) is 3.51. The average Bonchev–Trinajstić information content (AvgIpc) is 2.05. The molecule has 0 aromatic heterocycles. The summed E-state index contributed by atoms with van der Waals surface area (Å²) in [6.07, 6.45) is 4.80. The zero-order valence-corrected chi connectivity index (χ0v) is 7.45. The summed E-state index contributed by atoms with van der Waals surface area (Å²) in [5, 5.41) is 3.58. The van der Waals surface area contributed by atoms with Crippen LogP contribution >= 0.6 is 0 Å². The number of hydrogen-bond donors (Lipinski definition) is 0. The van der Waals surface area contributed by atoms with Crippen molar-refractivity contribution in [3.63, 3.8) is 0 Å². The van der Waals surface area contributed by atoms with Gasteiger partial charge in [0, 0.05) is 11.5 Å². The summed E-state index contributed by atoms with van der Waals surface area (Å²) in [6, 6.07) is 0. The Morgan fingerprint density at radius 3 is 2.64 bits per heavy atom. The molecule has 64 valence electrons. The summed E-state index contributed by atoms with van der Waals surface area (Å²) in [7, 11) is 0. The van der Waals surface area contributed by atoms with Crippen molar-refractivity contribution in [3.8, 4) is 0 Å². The molecule has 0 bridgehead atoms. The maximum absolute atomic E-state index is 8.09. The average molecular weight is 155 g/mol. The lowest BCUT2D eigenvalue weighted by Gasteiger charge is -2.09. The second-order valence-electron chi connectivity index (χ2n) is 2.83. The van der Waals surface area contributed by atoms with Gasteiger partial charge in [0.15, 0.2) is 0 Å². The van der Waals surface area contributed by atoms with Crippen LogP contribution in [0.1, 0.15) is 39.5 Å². The maximum Gasteiger partial charge on any atom is 0.0286 e. The van der Waals surface area contributed by atoms with E-state index < -0.39 is 0 Å². The van der Waals surface area contributed by atoms with Crippen LogP contribution in [0.4, 0.5) is 0 Å². The normalized spacial score (nSPS) is 12.2. The van der Waals surface area contributed by atoms with Gasteiger partial charge in [0.2, 0.25) is 0 Å². The molecule has 1 atom stereocenters. The van der Waals surface area contributed by atoms with Crippen LogP contribution in [-0.2, 0) is 0 Å². The summed E-state index contributed by atoms with van der Waals surface area (Å²) in [6.45, 7) is 5.00. The van der Waals surface area contributed by atoms with Gasteiger partial charge in [-0.05, 0) is 11.4 Å². The van der Waals surface area contributed by atoms with E-state index in [2.05, 4.69) is 23.9 Å². The predicted molar refractivity (Wildman–Crippen MR) is 47.3 cm³/mol. The number of hydrogen-bond acceptors (Lipinski definition) is 1. The Labute approximate surface area is 68.4 Å². The van der Waals surface area contributed by atoms with Crippen molar-refractivity contribution in [2.75, 3.05) is 6.54 Å². The van der Waals surface area contributed by atoms with Crippen LogP contribution in [0.2, 0.25) is 0 Å². The minimum absolute atomic E-state index is 0.603. The second kappa shape index (κ2) is 7.42. The van der Waals surface area contributed by atoms with E-state index in [0.717, 1.165) is 6.42 Å². The van der Waals surface area contributed by atoms with E-state index in [1.165, 1.54) is 19.3 Å². The van der Waals surface area contributed by atoms with Crippen molar-refractivity contribution in [1.29, 1.82) is 0 Å². The topological polar surface area (TPSA) is 48.8 Å². The quantitative estimate of drug-likeness (QED) is 0.320. The van der Waals surface area contributed by atoms with Crippen LogP contribution in [-0.4, -0.2) is 6.54 Å². The molecule has 11 heavy (non-hydrogen) atoms. The Balaban J connectivity index is 3.48. The molecule has 0 rings (SSSR count). The third kappa shape index (κ3) is 5.74. The van der Waals surface area contributed by atoms with E-state index in [1.54, 1.807) is 0 Å². The van der Waals surface area contributed by atoms with Crippen molar-refractivity contribution < 1.29 is 0 Å². The first kappa shape index (κ1) is 10.3. The van der Waals surface area contributed by atoms with Crippen LogP contribution in [0.25, 0.3) is 10.4 Å². The van der Waals surface area contributed by atoms with Gasteiger partial charge in [0.25, 0.3) is 0 Å². The molecule has 1 unspecified atom stereocenters. The summed E-state index contributed by atoms with van der Waals surface area (Å²) in [5.74, 6) is 0.603. The van der Waals surface area contributed by atoms with E-state index in [4.69, 9.17) is 5.53 Å². The standard InChI is InChI=1S/C8H17N3/c1-3-5-6-8(4-2)7-10-11-9/h8H,3-7H2,1-2H3. The SMILES string of the molecule is CCCCC(CC)CN=[N+]=[N-]. The van der Waals surface area contributed by atoms with Crippen molar-refractivity contribution in [1.82, 2.24) is 0 Å². The molecule has 0 aliphatic heterocycles. The Bertz CT molecular complexity index is 127. The van der Waals surface area contributed by atoms with Crippen molar-refractivity contribution in [3.05, 3.63) is 10.4 Å². The first-order valence-corrected chi connectivity index (χ1v) is 4.36. The third-order valence-electron chi connectivity index (χ3n) is 1.95. The van der Waals surface area contributed by atoms with Gasteiger partial charge in [-0.3, -0.25) is 0 Å². The Morgan fingerprint density at radius 2 is 2.18 bits per heavy atom. The zero-order valence-electron chi connectivity index (χ0n) is 7.45. The fourth-order valence-electron chi connectivity index (χ4n) is 1.07. The van der Waals surface area contributed by atoms with Crippen LogP contribution in [0.15, 0.2) is 5.11 Å². The highest BCUT2D eigenvalue weighted by Crippen LogP contribution is 2.12. The Kier molecular flexibility index (Phi) is 6.95. The summed E-state index contributed by atoms with van der Waals surface area (Å²) in [4.78, 5) is 2.76. The molecule has 0 spiro atoms. The van der Waals surface area contributed by atoms with E-state index in [-0.39, 0.29) is 0 Å². The smallest absolute Gasteiger partial charge is 0.0286 e. The lowest BCUT2D eigenvalue weighted by Crippen LogP contribution is -2.01. The van der Waals surface area contributed by atoms with Crippen LogP contribution in [0, 0.1) is 5.92 Å². The van der Waals surface area contributed by atoms with Gasteiger partial charge in [0.1, 0.15) is 0 Å². The Morgan fingerprint density at radius 1 is 1.45 bits per heavy atom. The zero-order chi connectivity index (χ0) is 8.53. The first-order valence-electron chi connectivity index (χ1n) is 4.36. The monoisotopic (exact) mass is 155 g/mol. The van der Waals surface area contributed by atoms with Gasteiger partial charge in [0.05, 0.1) is 0 Å². The highest BCUT2D eigenvalue weighted by atomic mass is 15.1. The largest absolute Gasteiger partial charge is 0.0937 e. The number of rotatable bonds is 6. The van der Waals surface area contributed by atoms with Crippen LogP contribution in [0.3, 0.4) is 0 Å². The van der Waals surface area contributed by atoms with Crippen molar-refractivity contribution in [2.45, 2.75) is 39.5 Å². The third-order valence-corrected chi connectivity index (χ3v) is 1.95. The summed E-state index contributed by atoms with van der Waals surface area (Å²) < 4.78 is 0. The van der Waals surface area contributed by atoms with E-state index in [9.17, 15) is 0 Å². The fraction of sp³-hybridized carbons (Fsp3) is 1.00. The highest BCUT2D eigenvalue weighted by Gasteiger charge is 2.02. The van der Waals surface area contributed by atoms with Crippen molar-refractivity contribution >= 4 is 0 Å². The molecule has 0 heterocycles. The van der Waals surface area contributed by atoms with Gasteiger partial charge in [-0.2, -0.15) is 0 Å². The van der Waals surface area contributed by atoms with Crippen molar-refractivity contribution in [2.24, 2.45) is 11.0 Å². The molecule has 0 aliphatic rings. The minimum atomic E-state index is 0.603. The number of azide groups is 1. The second-order valence-corrected chi connectivity index (χ2v) is 2.83. The molecule has 0 radical (unpaired) electrons. The van der Waals surface area contributed by atoms with Gasteiger partial charge >= 0.3 is 0 Å². The van der Waals surface area contributed by atoms with Gasteiger partial charge in [-0.15, -0.1) is 0 Å². The molecular formula is C8H17N3. The molecule has 0 N–H and O–H groups in total. The summed E-state index contributed by atoms with van der Waals surface area (Å²) in [5.41, 5.74) is 8.09. The summed E-state index contributed by atoms with van der Waals surface area (Å²) >= 11 is 0. The number of unbranched alkanes of at least 4 members (excludes halogenated alkanes) is 1. The molecule has 0 aromatic rings. The minimum Gasteiger partial charge on any atom is -0.0937 e. The first-order chi connectivity index (χ1) is 5.35. The fourth-order valence-corrected chi connectivity index (χ4v) is 1.07. The van der Waals surface area contributed by atoms with Crippen LogP contribution in [0.5, 0.6) is 0 Å². The molecule has 0 amide bonds. The molecule has 0 fully saturated rings. The molecular weight excluding hydrogens is 138 g/mol. The molecule has 3 nitrogen and oxygen atoms in total. The number of nitrogens with zero attached hydrogens (tertiary/aromatic N) is 3. The van der Waals surface area contributed by atoms with Gasteiger partial charge in [-0.1, -0.05) is 44.6 Å². The molecule has 0 aromatic carbocycles. The van der Waals surface area contributed by atoms with Gasteiger partial charge < -0.3 is 0 Å². The highest BCUT2D eigenvalue weighted by molar-refractivity contribution is 4.60. The van der Waals surface area contributed by atoms with E-state index >= 15 is 0 Å². The molecule has 0 saturated heterocycles. The lowest BCUT2D eigenvalue weighted by atomic mass is 10.00. The Hall–Kier alpha value is -0.690.